The van der Waals surface area contributed by atoms with Gasteiger partial charge in [-0.15, -0.1) is 0 Å². The third-order valence-electron chi connectivity index (χ3n) is 4.34. The summed E-state index contributed by atoms with van der Waals surface area (Å²) in [5.74, 6) is 0. The van der Waals surface area contributed by atoms with Gasteiger partial charge in [0.05, 0.1) is 24.5 Å². The summed E-state index contributed by atoms with van der Waals surface area (Å²) in [5.41, 5.74) is 5.06. The van der Waals surface area contributed by atoms with Crippen LogP contribution in [0.1, 0.15) is 36.7 Å². The van der Waals surface area contributed by atoms with Crippen LogP contribution < -0.4 is 10.6 Å². The summed E-state index contributed by atoms with van der Waals surface area (Å²) in [6.07, 6.45) is 1.59. The second kappa shape index (κ2) is 8.03. The number of carbonyl (C=O) groups is 1. The number of nitrogens with one attached hydrogen (secondary N) is 2. The number of aromatic nitrogens is 2. The maximum absolute atomic E-state index is 12.0. The molecule has 26 heavy (non-hydrogen) atoms. The highest BCUT2D eigenvalue weighted by atomic mass is 16.6. The molecule has 1 aliphatic heterocycles. The third-order valence-corrected chi connectivity index (χ3v) is 4.34. The standard InChI is InChI=1S/C19H25N5O2/c1-4-16-10-18(26-23-16)11-20-19(25)21-17-7-5-15(6-8-17)12-24-14(3)9-13(2)22-24/h5-9,18H,4,10-12H2,1-3H3,(H2,20,21,25)/t18-/m0/s1. The van der Waals surface area contributed by atoms with Crippen LogP contribution in [0.25, 0.3) is 0 Å². The minimum absolute atomic E-state index is 0.0705. The van der Waals surface area contributed by atoms with Gasteiger partial charge >= 0.3 is 6.03 Å². The van der Waals surface area contributed by atoms with E-state index >= 15 is 0 Å². The van der Waals surface area contributed by atoms with E-state index in [1.54, 1.807) is 0 Å². The largest absolute Gasteiger partial charge is 0.390 e. The number of rotatable bonds is 6. The summed E-state index contributed by atoms with van der Waals surface area (Å²) >= 11 is 0. The van der Waals surface area contributed by atoms with E-state index < -0.39 is 0 Å². The van der Waals surface area contributed by atoms with E-state index in [0.717, 1.165) is 41.2 Å². The van der Waals surface area contributed by atoms with E-state index in [2.05, 4.69) is 27.0 Å². The molecule has 0 fully saturated rings. The first-order valence-corrected chi connectivity index (χ1v) is 8.90. The van der Waals surface area contributed by atoms with Crippen LogP contribution in [0.3, 0.4) is 0 Å². The van der Waals surface area contributed by atoms with Gasteiger partial charge in [-0.3, -0.25) is 4.68 Å². The molecule has 0 saturated heterocycles. The molecule has 1 aliphatic rings. The summed E-state index contributed by atoms with van der Waals surface area (Å²) in [5, 5.41) is 14.1. The first kappa shape index (κ1) is 18.0. The van der Waals surface area contributed by atoms with Crippen LogP contribution in [0.15, 0.2) is 35.5 Å². The van der Waals surface area contributed by atoms with Crippen molar-refractivity contribution in [1.29, 1.82) is 0 Å². The molecule has 1 atom stereocenters. The van der Waals surface area contributed by atoms with Crippen LogP contribution >= 0.6 is 0 Å². The SMILES string of the molecule is CCC1=NO[C@H](CNC(=O)Nc2ccc(Cn3nc(C)cc3C)cc2)C1. The number of anilines is 1. The molecule has 7 nitrogen and oxygen atoms in total. The van der Waals surface area contributed by atoms with Crippen LogP contribution in [-0.2, 0) is 11.4 Å². The molecule has 2 heterocycles. The molecular formula is C19H25N5O2. The lowest BCUT2D eigenvalue weighted by Gasteiger charge is -2.11. The quantitative estimate of drug-likeness (QED) is 0.835. The normalized spacial score (nSPS) is 16.1. The highest BCUT2D eigenvalue weighted by Gasteiger charge is 2.20. The lowest BCUT2D eigenvalue weighted by atomic mass is 10.1. The van der Waals surface area contributed by atoms with E-state index in [1.165, 1.54) is 0 Å². The van der Waals surface area contributed by atoms with E-state index in [0.29, 0.717) is 13.1 Å². The van der Waals surface area contributed by atoms with Crippen molar-refractivity contribution in [3.8, 4) is 0 Å². The Hall–Kier alpha value is -2.83. The van der Waals surface area contributed by atoms with Crippen LogP contribution in [0.4, 0.5) is 10.5 Å². The van der Waals surface area contributed by atoms with Gasteiger partial charge in [-0.05, 0) is 44.0 Å². The average Bonchev–Trinajstić information content (AvgIpc) is 3.21. The molecule has 0 bridgehead atoms. The Morgan fingerprint density at radius 2 is 2.08 bits per heavy atom. The fourth-order valence-electron chi connectivity index (χ4n) is 2.89. The molecule has 0 unspecified atom stereocenters. The van der Waals surface area contributed by atoms with Crippen LogP contribution in [0.2, 0.25) is 0 Å². The van der Waals surface area contributed by atoms with Gasteiger partial charge < -0.3 is 15.5 Å². The van der Waals surface area contributed by atoms with E-state index in [9.17, 15) is 4.79 Å². The highest BCUT2D eigenvalue weighted by Crippen LogP contribution is 2.13. The van der Waals surface area contributed by atoms with Crippen molar-refractivity contribution in [2.75, 3.05) is 11.9 Å². The van der Waals surface area contributed by atoms with Gasteiger partial charge in [0.25, 0.3) is 0 Å². The van der Waals surface area contributed by atoms with Gasteiger partial charge in [-0.1, -0.05) is 24.2 Å². The van der Waals surface area contributed by atoms with Gasteiger partial charge in [0, 0.05) is 17.8 Å². The molecule has 2 N–H and O–H groups in total. The van der Waals surface area contributed by atoms with E-state index in [-0.39, 0.29) is 12.1 Å². The molecule has 0 radical (unpaired) electrons. The Morgan fingerprint density at radius 3 is 2.69 bits per heavy atom. The Kier molecular flexibility index (Phi) is 5.55. The number of oxime groups is 1. The van der Waals surface area contributed by atoms with Crippen molar-refractivity contribution in [3.05, 3.63) is 47.3 Å². The van der Waals surface area contributed by atoms with Crippen molar-refractivity contribution < 1.29 is 9.63 Å². The maximum atomic E-state index is 12.0. The zero-order valence-electron chi connectivity index (χ0n) is 15.5. The molecule has 0 saturated carbocycles. The first-order valence-electron chi connectivity index (χ1n) is 8.90. The van der Waals surface area contributed by atoms with Crippen molar-refractivity contribution in [2.45, 2.75) is 46.3 Å². The summed E-state index contributed by atoms with van der Waals surface area (Å²) in [4.78, 5) is 17.3. The molecule has 0 spiro atoms. The van der Waals surface area contributed by atoms with Gasteiger partial charge in [-0.2, -0.15) is 5.10 Å². The van der Waals surface area contributed by atoms with Gasteiger partial charge in [-0.25, -0.2) is 4.79 Å². The van der Waals surface area contributed by atoms with Crippen LogP contribution in [0.5, 0.6) is 0 Å². The minimum Gasteiger partial charge on any atom is -0.390 e. The Labute approximate surface area is 153 Å². The molecular weight excluding hydrogens is 330 g/mol. The molecule has 1 aromatic heterocycles. The molecule has 7 heteroatoms. The lowest BCUT2D eigenvalue weighted by Crippen LogP contribution is -2.35. The molecule has 2 amide bonds. The van der Waals surface area contributed by atoms with E-state index in [1.807, 2.05) is 49.7 Å². The fraction of sp³-hybridized carbons (Fsp3) is 0.421. The molecule has 2 aromatic rings. The Bertz CT molecular complexity index is 795. The Balaban J connectivity index is 1.46. The topological polar surface area (TPSA) is 80.5 Å². The monoisotopic (exact) mass is 355 g/mol. The highest BCUT2D eigenvalue weighted by molar-refractivity contribution is 5.89. The number of amides is 2. The molecule has 0 aliphatic carbocycles. The first-order chi connectivity index (χ1) is 12.5. The van der Waals surface area contributed by atoms with Crippen molar-refractivity contribution in [1.82, 2.24) is 15.1 Å². The fourth-order valence-corrected chi connectivity index (χ4v) is 2.89. The summed E-state index contributed by atoms with van der Waals surface area (Å²) in [7, 11) is 0. The van der Waals surface area contributed by atoms with E-state index in [4.69, 9.17) is 4.84 Å². The second-order valence-electron chi connectivity index (χ2n) is 6.56. The van der Waals surface area contributed by atoms with Crippen molar-refractivity contribution in [3.63, 3.8) is 0 Å². The van der Waals surface area contributed by atoms with Crippen molar-refractivity contribution in [2.24, 2.45) is 5.16 Å². The Morgan fingerprint density at radius 1 is 1.31 bits per heavy atom. The predicted octanol–water partition coefficient (Wildman–Crippen LogP) is 3.22. The van der Waals surface area contributed by atoms with Crippen LogP contribution in [0, 0.1) is 13.8 Å². The number of benzene rings is 1. The predicted molar refractivity (Wildman–Crippen MR) is 101 cm³/mol. The smallest absolute Gasteiger partial charge is 0.319 e. The summed E-state index contributed by atoms with van der Waals surface area (Å²) in [6.45, 7) is 7.23. The van der Waals surface area contributed by atoms with Crippen LogP contribution in [-0.4, -0.2) is 34.2 Å². The molecule has 3 rings (SSSR count). The second-order valence-corrected chi connectivity index (χ2v) is 6.56. The van der Waals surface area contributed by atoms with Gasteiger partial charge in [0.2, 0.25) is 0 Å². The average molecular weight is 355 g/mol. The minimum atomic E-state index is -0.246. The van der Waals surface area contributed by atoms with Crippen molar-refractivity contribution >= 4 is 17.4 Å². The third kappa shape index (κ3) is 4.62. The van der Waals surface area contributed by atoms with Gasteiger partial charge in [0.1, 0.15) is 6.10 Å². The maximum Gasteiger partial charge on any atom is 0.319 e. The lowest BCUT2D eigenvalue weighted by molar-refractivity contribution is 0.0870. The number of nitrogens with zero attached hydrogens (tertiary/aromatic N) is 3. The molecule has 138 valence electrons. The zero-order chi connectivity index (χ0) is 18.5. The zero-order valence-corrected chi connectivity index (χ0v) is 15.5. The summed E-state index contributed by atoms with van der Waals surface area (Å²) in [6, 6.07) is 9.59. The number of carbonyl (C=O) groups excluding carboxylic acids is 1. The number of hydrogen-bond acceptors (Lipinski definition) is 4. The number of urea groups is 1. The van der Waals surface area contributed by atoms with Gasteiger partial charge in [0.15, 0.2) is 0 Å². The number of aryl methyl sites for hydroxylation is 2. The summed E-state index contributed by atoms with van der Waals surface area (Å²) < 4.78 is 1.97. The molecule has 1 aromatic carbocycles. The number of hydrogen-bond donors (Lipinski definition) is 2.